The number of esters is 2. The van der Waals surface area contributed by atoms with Crippen LogP contribution in [0.1, 0.15) is 25.1 Å². The monoisotopic (exact) mass is 411 g/mol. The number of nitrogens with one attached hydrogen (secondary N) is 1. The fourth-order valence-corrected chi connectivity index (χ4v) is 2.36. The Morgan fingerprint density at radius 2 is 1.66 bits per heavy atom. The molecule has 0 aliphatic rings. The van der Waals surface area contributed by atoms with Crippen LogP contribution < -0.4 is 5.32 Å². The molecular weight excluding hydrogens is 391 g/mol. The van der Waals surface area contributed by atoms with Gasteiger partial charge in [-0.1, -0.05) is 0 Å². The minimum atomic E-state index is -4.45. The number of carbonyl (C=O) groups excluding carboxylic acids is 2. The molecule has 0 bridgehead atoms. The highest BCUT2D eigenvalue weighted by Gasteiger charge is 2.30. The van der Waals surface area contributed by atoms with Crippen LogP contribution in [0.3, 0.4) is 0 Å². The van der Waals surface area contributed by atoms with Gasteiger partial charge >= 0.3 is 18.1 Å². The van der Waals surface area contributed by atoms with E-state index in [1.807, 2.05) is 0 Å². The average molecular weight is 411 g/mol. The highest BCUT2D eigenvalue weighted by Crippen LogP contribution is 2.30. The predicted molar refractivity (Wildman–Crippen MR) is 98.3 cm³/mol. The summed E-state index contributed by atoms with van der Waals surface area (Å²) < 4.78 is 49.3. The van der Waals surface area contributed by atoms with Gasteiger partial charge in [-0.05, 0) is 45.0 Å². The number of hydrogen-bond acceptors (Lipinski definition) is 6. The van der Waals surface area contributed by atoms with Crippen LogP contribution in [0.15, 0.2) is 42.1 Å². The number of ether oxygens (including phenoxy) is 2. The van der Waals surface area contributed by atoms with Crippen LogP contribution in [-0.2, 0) is 25.2 Å². The number of carbonyl (C=O) groups is 2. The standard InChI is InChI=1S/C19H20F3N3O4/c1-4-28-17(26)15(18(27)29-5-2)11-23-16-10-12(3)24-25(16)14-8-6-13(7-9-14)19(20,21)22/h6-11,23H,4-5H2,1-3H3. The lowest BCUT2D eigenvalue weighted by Crippen LogP contribution is -2.19. The smallest absolute Gasteiger partial charge is 0.416 e. The number of rotatable bonds is 7. The molecule has 156 valence electrons. The highest BCUT2D eigenvalue weighted by molar-refractivity contribution is 6.14. The minimum absolute atomic E-state index is 0.0676. The Balaban J connectivity index is 2.35. The molecule has 0 aliphatic carbocycles. The van der Waals surface area contributed by atoms with Crippen LogP contribution in [0.2, 0.25) is 0 Å². The number of benzene rings is 1. The van der Waals surface area contributed by atoms with E-state index in [1.54, 1.807) is 26.8 Å². The summed E-state index contributed by atoms with van der Waals surface area (Å²) in [5.74, 6) is -1.40. The fourth-order valence-electron chi connectivity index (χ4n) is 2.36. The molecule has 0 aliphatic heterocycles. The maximum absolute atomic E-state index is 12.8. The number of aryl methyl sites for hydroxylation is 1. The van der Waals surface area contributed by atoms with Gasteiger partial charge in [-0.3, -0.25) is 0 Å². The molecule has 29 heavy (non-hydrogen) atoms. The van der Waals surface area contributed by atoms with E-state index in [1.165, 1.54) is 16.8 Å². The molecular formula is C19H20F3N3O4. The number of nitrogens with zero attached hydrogens (tertiary/aromatic N) is 2. The van der Waals surface area contributed by atoms with Crippen LogP contribution >= 0.6 is 0 Å². The Bertz CT molecular complexity index is 882. The molecule has 0 amide bonds. The first kappa shape index (κ1) is 22.0. The molecule has 1 heterocycles. The maximum Gasteiger partial charge on any atom is 0.416 e. The van der Waals surface area contributed by atoms with Gasteiger partial charge in [0.15, 0.2) is 5.57 Å². The van der Waals surface area contributed by atoms with Gasteiger partial charge in [0.05, 0.1) is 30.2 Å². The van der Waals surface area contributed by atoms with E-state index < -0.39 is 23.7 Å². The average Bonchev–Trinajstić information content (AvgIpc) is 3.02. The first-order chi connectivity index (χ1) is 13.7. The van der Waals surface area contributed by atoms with Crippen LogP contribution in [0.4, 0.5) is 19.0 Å². The van der Waals surface area contributed by atoms with Gasteiger partial charge in [0.1, 0.15) is 5.82 Å². The summed E-state index contributed by atoms with van der Waals surface area (Å²) in [6.07, 6.45) is -3.33. The molecule has 10 heteroatoms. The number of aromatic nitrogens is 2. The molecule has 2 aromatic rings. The van der Waals surface area contributed by atoms with Crippen molar-refractivity contribution in [3.63, 3.8) is 0 Å². The van der Waals surface area contributed by atoms with Gasteiger partial charge in [-0.25, -0.2) is 14.3 Å². The second-order valence-electron chi connectivity index (χ2n) is 5.77. The Hall–Kier alpha value is -3.30. The highest BCUT2D eigenvalue weighted by atomic mass is 19.4. The third-order valence-corrected chi connectivity index (χ3v) is 3.63. The summed E-state index contributed by atoms with van der Waals surface area (Å²) in [6.45, 7) is 5.01. The van der Waals surface area contributed by atoms with Gasteiger partial charge in [-0.15, -0.1) is 0 Å². The molecule has 1 aromatic carbocycles. The van der Waals surface area contributed by atoms with E-state index in [0.717, 1.165) is 18.3 Å². The zero-order valence-corrected chi connectivity index (χ0v) is 16.0. The molecule has 0 spiro atoms. The van der Waals surface area contributed by atoms with Crippen LogP contribution in [0.25, 0.3) is 5.69 Å². The third-order valence-electron chi connectivity index (χ3n) is 3.63. The van der Waals surface area contributed by atoms with E-state index >= 15 is 0 Å². The molecule has 0 atom stereocenters. The van der Waals surface area contributed by atoms with Crippen molar-refractivity contribution >= 4 is 17.8 Å². The Morgan fingerprint density at radius 3 is 2.14 bits per heavy atom. The van der Waals surface area contributed by atoms with E-state index in [2.05, 4.69) is 10.4 Å². The number of hydrogen-bond donors (Lipinski definition) is 1. The molecule has 0 unspecified atom stereocenters. The molecule has 0 fully saturated rings. The number of halogens is 3. The summed E-state index contributed by atoms with van der Waals surface area (Å²) in [7, 11) is 0. The van der Waals surface area contributed by atoms with E-state index in [0.29, 0.717) is 17.2 Å². The summed E-state index contributed by atoms with van der Waals surface area (Å²) in [5, 5.41) is 7.00. The van der Waals surface area contributed by atoms with Crippen molar-refractivity contribution in [2.45, 2.75) is 26.9 Å². The Kier molecular flexibility index (Phi) is 7.03. The molecule has 7 nitrogen and oxygen atoms in total. The molecule has 0 radical (unpaired) electrons. The normalized spacial score (nSPS) is 11.0. The predicted octanol–water partition coefficient (Wildman–Crippen LogP) is 3.62. The van der Waals surface area contributed by atoms with Crippen molar-refractivity contribution in [3.8, 4) is 5.69 Å². The van der Waals surface area contributed by atoms with Gasteiger partial charge < -0.3 is 14.8 Å². The molecule has 1 N–H and O–H groups in total. The van der Waals surface area contributed by atoms with Crippen molar-refractivity contribution < 1.29 is 32.2 Å². The van der Waals surface area contributed by atoms with Crippen LogP contribution in [0.5, 0.6) is 0 Å². The quantitative estimate of drug-likeness (QED) is 0.324. The molecule has 1 aromatic heterocycles. The first-order valence-electron chi connectivity index (χ1n) is 8.72. The van der Waals surface area contributed by atoms with Gasteiger partial charge in [0.2, 0.25) is 0 Å². The van der Waals surface area contributed by atoms with Crippen molar-refractivity contribution in [1.82, 2.24) is 9.78 Å². The lowest BCUT2D eigenvalue weighted by molar-refractivity contribution is -0.146. The molecule has 0 saturated carbocycles. The first-order valence-corrected chi connectivity index (χ1v) is 8.72. The Labute approximate surface area is 165 Å². The fraction of sp³-hybridized carbons (Fsp3) is 0.316. The second kappa shape index (κ2) is 9.26. The zero-order valence-electron chi connectivity index (χ0n) is 16.0. The SMILES string of the molecule is CCOC(=O)C(=CNc1cc(C)nn1-c1ccc(C(F)(F)F)cc1)C(=O)OCC. The van der Waals surface area contributed by atoms with Gasteiger partial charge in [0.25, 0.3) is 0 Å². The van der Waals surface area contributed by atoms with Crippen molar-refractivity contribution in [2.24, 2.45) is 0 Å². The van der Waals surface area contributed by atoms with Crippen molar-refractivity contribution in [1.29, 1.82) is 0 Å². The summed E-state index contributed by atoms with van der Waals surface area (Å²) in [6, 6.07) is 6.01. The summed E-state index contributed by atoms with van der Waals surface area (Å²) in [4.78, 5) is 24.0. The number of alkyl halides is 3. The lowest BCUT2D eigenvalue weighted by atomic mass is 10.2. The van der Waals surface area contributed by atoms with E-state index in [9.17, 15) is 22.8 Å². The second-order valence-corrected chi connectivity index (χ2v) is 5.77. The van der Waals surface area contributed by atoms with Crippen molar-refractivity contribution in [3.05, 3.63) is 53.4 Å². The summed E-state index contributed by atoms with van der Waals surface area (Å²) >= 11 is 0. The Morgan fingerprint density at radius 1 is 1.10 bits per heavy atom. The van der Waals surface area contributed by atoms with Crippen LogP contribution in [0, 0.1) is 6.92 Å². The maximum atomic E-state index is 12.8. The summed E-state index contributed by atoms with van der Waals surface area (Å²) in [5.41, 5.74) is -0.219. The van der Waals surface area contributed by atoms with Gasteiger partial charge in [0, 0.05) is 12.3 Å². The van der Waals surface area contributed by atoms with E-state index in [-0.39, 0.29) is 18.8 Å². The van der Waals surface area contributed by atoms with Crippen molar-refractivity contribution in [2.75, 3.05) is 18.5 Å². The largest absolute Gasteiger partial charge is 0.462 e. The van der Waals surface area contributed by atoms with Gasteiger partial charge in [-0.2, -0.15) is 18.3 Å². The molecule has 2 rings (SSSR count). The number of anilines is 1. The molecule has 0 saturated heterocycles. The zero-order chi connectivity index (χ0) is 21.6. The lowest BCUT2D eigenvalue weighted by Gasteiger charge is -2.11. The van der Waals surface area contributed by atoms with E-state index in [4.69, 9.17) is 9.47 Å². The topological polar surface area (TPSA) is 82.5 Å². The minimum Gasteiger partial charge on any atom is -0.462 e. The third kappa shape index (κ3) is 5.59. The van der Waals surface area contributed by atoms with Crippen LogP contribution in [-0.4, -0.2) is 34.9 Å².